The summed E-state index contributed by atoms with van der Waals surface area (Å²) in [5.74, 6) is -0.727. The number of nitrogens with one attached hydrogen (secondary N) is 1. The first-order chi connectivity index (χ1) is 14.0. The summed E-state index contributed by atoms with van der Waals surface area (Å²) in [6, 6.07) is 9.38. The third kappa shape index (κ3) is 4.89. The Morgan fingerprint density at radius 3 is 2.72 bits per heavy atom. The Bertz CT molecular complexity index is 1070. The monoisotopic (exact) mass is 413 g/mol. The average Bonchev–Trinajstić information content (AvgIpc) is 3.06. The van der Waals surface area contributed by atoms with E-state index in [2.05, 4.69) is 10.3 Å². The lowest BCUT2D eigenvalue weighted by molar-refractivity contribution is -0.121. The lowest BCUT2D eigenvalue weighted by Gasteiger charge is -2.06. The number of ether oxygens (including phenoxy) is 1. The summed E-state index contributed by atoms with van der Waals surface area (Å²) in [6.07, 6.45) is 3.21. The predicted molar refractivity (Wildman–Crippen MR) is 112 cm³/mol. The van der Waals surface area contributed by atoms with Crippen molar-refractivity contribution in [3.05, 3.63) is 63.0 Å². The third-order valence-corrected chi connectivity index (χ3v) is 5.66. The third-order valence-electron chi connectivity index (χ3n) is 4.48. The predicted octanol–water partition coefficient (Wildman–Crippen LogP) is 3.04. The number of esters is 1. The molecule has 8 heteroatoms. The van der Waals surface area contributed by atoms with Crippen LogP contribution in [0.3, 0.4) is 0 Å². The van der Waals surface area contributed by atoms with Gasteiger partial charge in [-0.2, -0.15) is 0 Å². The Balaban J connectivity index is 1.78. The van der Waals surface area contributed by atoms with Crippen molar-refractivity contribution in [3.8, 4) is 0 Å². The van der Waals surface area contributed by atoms with E-state index in [1.165, 1.54) is 10.9 Å². The van der Waals surface area contributed by atoms with Crippen LogP contribution in [0.5, 0.6) is 0 Å². The van der Waals surface area contributed by atoms with Gasteiger partial charge in [-0.3, -0.25) is 14.2 Å². The summed E-state index contributed by atoms with van der Waals surface area (Å²) >= 11 is 1.13. The number of rotatable bonds is 8. The molecular weight excluding hydrogens is 390 g/mol. The summed E-state index contributed by atoms with van der Waals surface area (Å²) in [5.41, 5.74) is 1.08. The molecule has 0 radical (unpaired) electrons. The fourth-order valence-corrected chi connectivity index (χ4v) is 3.90. The Kier molecular flexibility index (Phi) is 6.77. The van der Waals surface area contributed by atoms with E-state index >= 15 is 0 Å². The quantitative estimate of drug-likeness (QED) is 0.453. The Hall–Kier alpha value is -3.00. The van der Waals surface area contributed by atoms with Crippen molar-refractivity contribution in [3.63, 3.8) is 0 Å². The van der Waals surface area contributed by atoms with Crippen LogP contribution in [-0.2, 0) is 22.7 Å². The minimum Gasteiger partial charge on any atom is -0.457 e. The highest BCUT2D eigenvalue weighted by atomic mass is 32.1. The van der Waals surface area contributed by atoms with Gasteiger partial charge < -0.3 is 10.1 Å². The van der Waals surface area contributed by atoms with Crippen LogP contribution in [0.1, 0.15) is 40.6 Å². The van der Waals surface area contributed by atoms with Gasteiger partial charge in [0.2, 0.25) is 5.91 Å². The van der Waals surface area contributed by atoms with Crippen LogP contribution in [0.4, 0.5) is 0 Å². The first-order valence-electron chi connectivity index (χ1n) is 9.47. The van der Waals surface area contributed by atoms with Crippen LogP contribution in [0, 0.1) is 6.92 Å². The Morgan fingerprint density at radius 2 is 2.00 bits per heavy atom. The van der Waals surface area contributed by atoms with Gasteiger partial charge in [0.05, 0.1) is 11.7 Å². The molecule has 1 N–H and O–H groups in total. The second-order valence-electron chi connectivity index (χ2n) is 6.68. The fourth-order valence-electron chi connectivity index (χ4n) is 2.87. The van der Waals surface area contributed by atoms with Crippen LogP contribution in [-0.4, -0.2) is 28.0 Å². The van der Waals surface area contributed by atoms with Crippen molar-refractivity contribution in [2.24, 2.45) is 0 Å². The minimum atomic E-state index is -0.488. The normalized spacial score (nSPS) is 10.8. The molecule has 29 heavy (non-hydrogen) atoms. The van der Waals surface area contributed by atoms with Gasteiger partial charge in [0, 0.05) is 6.54 Å². The van der Waals surface area contributed by atoms with E-state index < -0.39 is 5.97 Å². The number of fused-ring (bicyclic) bond motifs is 1. The molecule has 152 valence electrons. The van der Waals surface area contributed by atoms with Crippen LogP contribution in [0.2, 0.25) is 0 Å². The van der Waals surface area contributed by atoms with E-state index in [0.29, 0.717) is 27.2 Å². The molecule has 3 aromatic rings. The molecule has 7 nitrogen and oxygen atoms in total. The second kappa shape index (κ2) is 9.47. The van der Waals surface area contributed by atoms with Gasteiger partial charge >= 0.3 is 5.97 Å². The lowest BCUT2D eigenvalue weighted by Crippen LogP contribution is -2.32. The van der Waals surface area contributed by atoms with Gasteiger partial charge in [-0.25, -0.2) is 9.78 Å². The van der Waals surface area contributed by atoms with Crippen LogP contribution in [0.25, 0.3) is 10.2 Å². The number of nitrogens with zero attached hydrogens (tertiary/aromatic N) is 2. The highest BCUT2D eigenvalue weighted by Crippen LogP contribution is 2.27. The maximum Gasteiger partial charge on any atom is 0.349 e. The zero-order chi connectivity index (χ0) is 20.8. The Labute approximate surface area is 172 Å². The molecule has 0 aliphatic carbocycles. The molecular formula is C21H23N3O4S. The summed E-state index contributed by atoms with van der Waals surface area (Å²) < 4.78 is 6.65. The first kappa shape index (κ1) is 20.7. The molecule has 0 spiro atoms. The zero-order valence-corrected chi connectivity index (χ0v) is 17.3. The van der Waals surface area contributed by atoms with Crippen LogP contribution < -0.4 is 10.9 Å². The zero-order valence-electron chi connectivity index (χ0n) is 16.4. The number of aromatic nitrogens is 2. The first-order valence-corrected chi connectivity index (χ1v) is 10.3. The number of hydrogen-bond acceptors (Lipinski definition) is 6. The van der Waals surface area contributed by atoms with E-state index in [1.807, 2.05) is 37.3 Å². The van der Waals surface area contributed by atoms with Crippen molar-refractivity contribution in [1.29, 1.82) is 0 Å². The molecule has 1 amide bonds. The van der Waals surface area contributed by atoms with Crippen molar-refractivity contribution in [1.82, 2.24) is 14.9 Å². The number of unbranched alkanes of at least 4 members (excludes halogenated alkanes) is 1. The summed E-state index contributed by atoms with van der Waals surface area (Å²) in [7, 11) is 0. The minimum absolute atomic E-state index is 0.103. The van der Waals surface area contributed by atoms with E-state index in [0.717, 1.165) is 29.7 Å². The van der Waals surface area contributed by atoms with Crippen molar-refractivity contribution < 1.29 is 14.3 Å². The highest BCUT2D eigenvalue weighted by Gasteiger charge is 2.21. The number of amides is 1. The molecule has 0 fully saturated rings. The van der Waals surface area contributed by atoms with Gasteiger partial charge in [0.1, 0.15) is 22.9 Å². The molecule has 0 atom stereocenters. The van der Waals surface area contributed by atoms with E-state index in [-0.39, 0.29) is 24.6 Å². The number of thiophene rings is 1. The summed E-state index contributed by atoms with van der Waals surface area (Å²) in [6.45, 7) is 4.37. The van der Waals surface area contributed by atoms with E-state index in [9.17, 15) is 14.4 Å². The molecule has 0 saturated carbocycles. The number of hydrogen-bond donors (Lipinski definition) is 1. The SMILES string of the molecule is CCCCNC(=O)Cn1cnc2sc(C(=O)OCc3ccccc3)c(C)c2c1=O. The number of aryl methyl sites for hydroxylation is 1. The summed E-state index contributed by atoms with van der Waals surface area (Å²) in [4.78, 5) is 42.4. The molecule has 0 aliphatic heterocycles. The highest BCUT2D eigenvalue weighted by molar-refractivity contribution is 7.20. The molecule has 2 heterocycles. The van der Waals surface area contributed by atoms with E-state index in [4.69, 9.17) is 4.74 Å². The van der Waals surface area contributed by atoms with Gasteiger partial charge in [-0.1, -0.05) is 43.7 Å². The number of benzene rings is 1. The smallest absolute Gasteiger partial charge is 0.349 e. The topological polar surface area (TPSA) is 90.3 Å². The fraction of sp³-hybridized carbons (Fsp3) is 0.333. The van der Waals surface area contributed by atoms with Crippen molar-refractivity contribution >= 4 is 33.4 Å². The second-order valence-corrected chi connectivity index (χ2v) is 7.68. The van der Waals surface area contributed by atoms with Crippen LogP contribution in [0.15, 0.2) is 41.5 Å². The summed E-state index contributed by atoms with van der Waals surface area (Å²) in [5, 5.41) is 3.13. The molecule has 2 aromatic heterocycles. The van der Waals surface area contributed by atoms with Gasteiger partial charge in [0.15, 0.2) is 0 Å². The molecule has 0 saturated heterocycles. The maximum atomic E-state index is 12.8. The molecule has 0 bridgehead atoms. The van der Waals surface area contributed by atoms with Gasteiger partial charge in [-0.05, 0) is 24.5 Å². The number of carbonyl (C=O) groups excluding carboxylic acids is 2. The van der Waals surface area contributed by atoms with Crippen LogP contribution >= 0.6 is 11.3 Å². The molecule has 1 aromatic carbocycles. The molecule has 3 rings (SSSR count). The maximum absolute atomic E-state index is 12.8. The largest absolute Gasteiger partial charge is 0.457 e. The standard InChI is InChI=1S/C21H23N3O4S/c1-3-4-10-22-16(25)11-24-13-23-19-17(20(24)26)14(2)18(29-19)21(27)28-12-15-8-6-5-7-9-15/h5-9,13H,3-4,10-12H2,1-2H3,(H,22,25). The molecule has 0 aliphatic rings. The Morgan fingerprint density at radius 1 is 1.24 bits per heavy atom. The average molecular weight is 413 g/mol. The number of carbonyl (C=O) groups is 2. The van der Waals surface area contributed by atoms with E-state index in [1.54, 1.807) is 6.92 Å². The van der Waals surface area contributed by atoms with Gasteiger partial charge in [-0.15, -0.1) is 11.3 Å². The van der Waals surface area contributed by atoms with Crippen molar-refractivity contribution in [2.75, 3.05) is 6.54 Å². The van der Waals surface area contributed by atoms with Gasteiger partial charge in [0.25, 0.3) is 5.56 Å². The molecule has 0 unspecified atom stereocenters. The van der Waals surface area contributed by atoms with Crippen molar-refractivity contribution in [2.45, 2.75) is 39.8 Å². The lowest BCUT2D eigenvalue weighted by atomic mass is 10.2.